The second kappa shape index (κ2) is 36.8. The summed E-state index contributed by atoms with van der Waals surface area (Å²) in [6.45, 7) is 99.0. The molecule has 0 atom stereocenters. The van der Waals surface area contributed by atoms with E-state index in [2.05, 4.69) is 295 Å². The molecule has 0 aromatic rings. The average molecular weight is 2120 g/mol. The lowest BCUT2D eigenvalue weighted by Gasteiger charge is -2.49. The van der Waals surface area contributed by atoms with Gasteiger partial charge in [-0.15, -0.1) is 0 Å². The van der Waals surface area contributed by atoms with E-state index in [0.717, 1.165) is 90.7 Å². The van der Waals surface area contributed by atoms with Crippen LogP contribution in [-0.2, 0) is 104 Å². The van der Waals surface area contributed by atoms with Crippen LogP contribution in [0.3, 0.4) is 0 Å². The van der Waals surface area contributed by atoms with E-state index in [0.29, 0.717) is 18.1 Å². The van der Waals surface area contributed by atoms with Crippen molar-refractivity contribution < 1.29 is 104 Å². The molecule has 0 saturated carbocycles. The minimum Gasteiger partial charge on any atom is -0.416 e. The quantitative estimate of drug-likeness (QED) is 0.0694. The molecular formula is C63H171O25Si28. The maximum absolute atomic E-state index is 18.4. The molecule has 116 heavy (non-hydrogen) atoms. The van der Waals surface area contributed by atoms with Crippen LogP contribution in [0.15, 0.2) is 0 Å². The highest BCUT2D eigenvalue weighted by molar-refractivity contribution is 7.00. The van der Waals surface area contributed by atoms with Gasteiger partial charge in [0.15, 0.2) is 0 Å². The van der Waals surface area contributed by atoms with Crippen molar-refractivity contribution in [2.45, 2.75) is 403 Å². The van der Waals surface area contributed by atoms with Crippen molar-refractivity contribution in [1.29, 1.82) is 0 Å². The van der Waals surface area contributed by atoms with Crippen LogP contribution in [0.4, 0.5) is 0 Å². The molecule has 6 aliphatic rings. The molecule has 0 spiro atoms. The maximum Gasteiger partial charge on any atom is 0.317 e. The fraction of sp³-hybridized carbons (Fsp3) is 1.00. The van der Waals surface area contributed by atoms with Gasteiger partial charge in [0, 0.05) is 0 Å². The van der Waals surface area contributed by atoms with E-state index in [4.69, 9.17) is 98.8 Å². The summed E-state index contributed by atoms with van der Waals surface area (Å²) in [5.74, 6) is 0. The fourth-order valence-electron chi connectivity index (χ4n) is 20.7. The van der Waals surface area contributed by atoms with Gasteiger partial charge in [-0.05, 0) is 329 Å². The standard InChI is InChI=1S/C63H171O25Si28/c1-89(2)65-95(13,14)77-110(40,78-96(15,16)66-89)55-46-107(37,47-56-111(41)79-97(17,18)67-90(3,4)68-98(19,20)80-111)52-61-116(64,62-53-108(38,48-57-112(42)81-99(21,22)69-91(5,6)70-100(23,24)82-112)49-58-113(43)83-101(25,26)71-92(7,8)72-102(27,28)84-113)63-54-109(39,50-59-114(44)85-103(29,30)73-93(9,10)74-104(31,32)86-114)51-60-115(45)87-105(33,34)75-94(11,12)76-106(35,36)88-115/h46-63H2,1-45H3. The number of rotatable bonds is 27. The molecule has 0 aliphatic carbocycles. The first-order valence-corrected chi connectivity index (χ1v) is 121. The second-order valence-corrected chi connectivity index (χ2v) is 151. The van der Waals surface area contributed by atoms with Gasteiger partial charge in [-0.1, -0.05) is 74.0 Å². The summed E-state index contributed by atoms with van der Waals surface area (Å²) in [6.07, 6.45) is 0. The normalized spacial score (nSPS) is 29.5. The largest absolute Gasteiger partial charge is 0.416 e. The Morgan fingerprint density at radius 3 is 0.319 bits per heavy atom. The number of hydrogen-bond donors (Lipinski definition) is 0. The summed E-state index contributed by atoms with van der Waals surface area (Å²) in [4.78, 5) is 18.4. The molecule has 6 heterocycles. The summed E-state index contributed by atoms with van der Waals surface area (Å²) < 4.78 is 174. The molecule has 0 amide bonds. The SMILES string of the molecule is C[Si](CC[Si]([O])(CC[Si](C)(CC[Si]1(C)O[Si](C)(C)O[Si](C)(C)O[Si](C)(C)O1)CC[Si]1(C)O[Si](C)(C)O[Si](C)(C)O[Si](C)(C)O1)CC[Si](C)(CC[Si]1(C)O[Si](C)(C)O[Si](C)(C)O[Si](C)(C)O1)CC[Si]1(C)O[Si](C)(C)O[Si](C)(C)O[Si](C)(C)O1)(CC[Si]1(C)O[Si](C)(C)O[Si](C)(C)O[Si](C)(C)O1)CC[Si]1(C)O[Si](C)(C)O[Si](C)(C)O[Si](C)(C)O1. The zero-order valence-corrected chi connectivity index (χ0v) is 110. The van der Waals surface area contributed by atoms with Gasteiger partial charge >= 0.3 is 205 Å². The average Bonchev–Trinajstić information content (AvgIpc) is 0.794. The predicted molar refractivity (Wildman–Crippen MR) is 538 cm³/mol. The van der Waals surface area contributed by atoms with Crippen LogP contribution in [-0.4, -0.2) is 238 Å². The lowest BCUT2D eigenvalue weighted by Crippen LogP contribution is -2.65. The Balaban J connectivity index is 1.58. The lowest BCUT2D eigenvalue weighted by molar-refractivity contribution is 0.232. The first-order valence-electron chi connectivity index (χ1n) is 43.4. The van der Waals surface area contributed by atoms with Crippen molar-refractivity contribution in [3.05, 3.63) is 0 Å². The van der Waals surface area contributed by atoms with Crippen molar-refractivity contribution in [1.82, 2.24) is 0 Å². The van der Waals surface area contributed by atoms with E-state index in [1.54, 1.807) is 0 Å². The minimum atomic E-state index is -3.65. The van der Waals surface area contributed by atoms with E-state index in [-0.39, 0.29) is 0 Å². The van der Waals surface area contributed by atoms with E-state index >= 15 is 4.80 Å². The molecule has 0 aromatic heterocycles. The first kappa shape index (κ1) is 110. The Hall–Kier alpha value is 5.07. The number of hydrogen-bond acceptors (Lipinski definition) is 24. The zero-order valence-electron chi connectivity index (χ0n) is 81.9. The Bertz CT molecular complexity index is 2670. The molecule has 6 aliphatic heterocycles. The summed E-state index contributed by atoms with van der Waals surface area (Å²) >= 11 is 0. The summed E-state index contributed by atoms with van der Waals surface area (Å²) in [6, 6.07) is 14.5. The van der Waals surface area contributed by atoms with Gasteiger partial charge in [-0.25, -0.2) is 0 Å². The van der Waals surface area contributed by atoms with Crippen LogP contribution in [0.5, 0.6) is 0 Å². The molecule has 0 bridgehead atoms. The molecule has 0 unspecified atom stereocenters. The highest BCUT2D eigenvalue weighted by atomic mass is 28.6. The van der Waals surface area contributed by atoms with Crippen molar-refractivity contribution >= 4 is 238 Å². The summed E-state index contributed by atoms with van der Waals surface area (Å²) in [5, 5.41) is 0. The first-order chi connectivity index (χ1) is 50.8. The van der Waals surface area contributed by atoms with Crippen molar-refractivity contribution in [3.63, 3.8) is 0 Å². The Morgan fingerprint density at radius 1 is 0.138 bits per heavy atom. The zero-order chi connectivity index (χ0) is 89.7. The van der Waals surface area contributed by atoms with Gasteiger partial charge in [0.1, 0.15) is 0 Å². The highest BCUT2D eigenvalue weighted by Gasteiger charge is 2.62. The van der Waals surface area contributed by atoms with Crippen molar-refractivity contribution in [3.8, 4) is 0 Å². The van der Waals surface area contributed by atoms with Crippen LogP contribution < -0.4 is 0 Å². The van der Waals surface area contributed by atoms with Gasteiger partial charge in [0.25, 0.3) is 0 Å². The van der Waals surface area contributed by atoms with E-state index in [1.807, 2.05) is 0 Å². The van der Waals surface area contributed by atoms with Gasteiger partial charge < -0.3 is 98.8 Å². The van der Waals surface area contributed by atoms with Crippen molar-refractivity contribution in [2.75, 3.05) is 0 Å². The third-order valence-corrected chi connectivity index (χ3v) is 142. The van der Waals surface area contributed by atoms with Gasteiger partial charge in [-0.3, -0.25) is 4.80 Å². The Morgan fingerprint density at radius 2 is 0.224 bits per heavy atom. The summed E-state index contributed by atoms with van der Waals surface area (Å²) in [7, 11) is -78.3. The topological polar surface area (TPSA) is 241 Å². The van der Waals surface area contributed by atoms with E-state index in [1.165, 1.54) is 0 Å². The van der Waals surface area contributed by atoms with Crippen LogP contribution in [0.2, 0.25) is 403 Å². The highest BCUT2D eigenvalue weighted by Crippen LogP contribution is 2.49. The fourth-order valence-corrected chi connectivity index (χ4v) is 186. The van der Waals surface area contributed by atoms with Crippen LogP contribution in [0, 0.1) is 0 Å². The molecule has 53 heteroatoms. The molecule has 0 aromatic carbocycles. The minimum absolute atomic E-state index is 0.641. The van der Waals surface area contributed by atoms with Gasteiger partial charge in [-0.2, -0.15) is 0 Å². The predicted octanol–water partition coefficient (Wildman–Crippen LogP) is 22.1. The molecule has 1 radical (unpaired) electrons. The molecule has 6 fully saturated rings. The Kier molecular flexibility index (Phi) is 34.8. The third kappa shape index (κ3) is 36.9. The maximum atomic E-state index is 18.4. The Labute approximate surface area is 738 Å². The molecule has 685 valence electrons. The van der Waals surface area contributed by atoms with Gasteiger partial charge in [0.2, 0.25) is 8.32 Å². The van der Waals surface area contributed by atoms with Gasteiger partial charge in [0.05, 0.1) is 24.2 Å². The molecule has 6 saturated heterocycles. The molecule has 6 rings (SSSR count). The molecule has 25 nitrogen and oxygen atoms in total. The lowest BCUT2D eigenvalue weighted by atomic mass is 10.9. The summed E-state index contributed by atoms with van der Waals surface area (Å²) in [5.41, 5.74) is 0. The second-order valence-electron chi connectivity index (χ2n) is 45.6. The van der Waals surface area contributed by atoms with E-state index in [9.17, 15) is 0 Å². The van der Waals surface area contributed by atoms with E-state index < -0.39 is 238 Å². The van der Waals surface area contributed by atoms with Crippen LogP contribution in [0.1, 0.15) is 0 Å². The molecular weight excluding hydrogens is 1940 g/mol. The van der Waals surface area contributed by atoms with Crippen molar-refractivity contribution in [2.24, 2.45) is 0 Å². The third-order valence-electron chi connectivity index (χ3n) is 22.1. The van der Waals surface area contributed by atoms with Crippen LogP contribution in [0.25, 0.3) is 0 Å². The van der Waals surface area contributed by atoms with Crippen LogP contribution >= 0.6 is 0 Å². The monoisotopic (exact) mass is 2110 g/mol. The molecule has 0 N–H and O–H groups in total. The smallest absolute Gasteiger partial charge is 0.317 e.